The zero-order chi connectivity index (χ0) is 21.0. The minimum atomic E-state index is 0. The molecule has 1 aliphatic rings. The Balaban J connectivity index is 0.00000341. The zero-order valence-electron chi connectivity index (χ0n) is 18.8. The van der Waals surface area contributed by atoms with Gasteiger partial charge in [-0.1, -0.05) is 54.6 Å². The number of hydrogen-bond acceptors (Lipinski definition) is 3. The Hall–Kier alpha value is -1.64. The molecule has 2 aromatic carbocycles. The van der Waals surface area contributed by atoms with E-state index < -0.39 is 0 Å². The fraction of sp³-hybridized carbons (Fsp3) is 0.480. The van der Waals surface area contributed by atoms with Crippen LogP contribution in [0.4, 0.5) is 0 Å². The molecule has 0 unspecified atom stereocenters. The summed E-state index contributed by atoms with van der Waals surface area (Å²) in [5.41, 5.74) is 3.81. The van der Waals surface area contributed by atoms with E-state index in [0.717, 1.165) is 51.6 Å². The zero-order valence-corrected chi connectivity index (χ0v) is 21.2. The molecule has 0 spiro atoms. The molecule has 1 aliphatic heterocycles. The number of nitrogens with one attached hydrogen (secondary N) is 2. The molecule has 0 amide bonds. The summed E-state index contributed by atoms with van der Waals surface area (Å²) < 4.78 is 5.46. The third-order valence-electron chi connectivity index (χ3n) is 5.44. The molecule has 6 heteroatoms. The van der Waals surface area contributed by atoms with Crippen molar-refractivity contribution in [1.82, 2.24) is 15.5 Å². The van der Waals surface area contributed by atoms with Crippen LogP contribution >= 0.6 is 24.0 Å². The Morgan fingerprint density at radius 1 is 0.968 bits per heavy atom. The first kappa shape index (κ1) is 25.6. The number of halogens is 1. The van der Waals surface area contributed by atoms with Crippen LogP contribution in [-0.2, 0) is 24.4 Å². The van der Waals surface area contributed by atoms with Gasteiger partial charge in [0.05, 0.1) is 13.2 Å². The lowest BCUT2D eigenvalue weighted by atomic mass is 10.0. The van der Waals surface area contributed by atoms with Crippen LogP contribution in [0.3, 0.4) is 0 Å². The number of guanidine groups is 1. The fourth-order valence-electron chi connectivity index (χ4n) is 3.72. The van der Waals surface area contributed by atoms with E-state index in [1.54, 1.807) is 0 Å². The molecule has 0 bridgehead atoms. The lowest BCUT2D eigenvalue weighted by molar-refractivity contribution is 0.134. The number of piperidine rings is 1. The summed E-state index contributed by atoms with van der Waals surface area (Å²) in [4.78, 5) is 7.35. The second-order valence-corrected chi connectivity index (χ2v) is 7.83. The number of benzene rings is 2. The molecule has 0 aromatic heterocycles. The van der Waals surface area contributed by atoms with E-state index in [1.807, 2.05) is 6.92 Å². The van der Waals surface area contributed by atoms with Gasteiger partial charge in [0.1, 0.15) is 0 Å². The number of rotatable bonds is 9. The Kier molecular flexibility index (Phi) is 11.9. The quantitative estimate of drug-likeness (QED) is 0.280. The van der Waals surface area contributed by atoms with Crippen LogP contribution in [0.25, 0.3) is 0 Å². The molecule has 3 rings (SSSR count). The van der Waals surface area contributed by atoms with Gasteiger partial charge < -0.3 is 15.4 Å². The average molecular weight is 537 g/mol. The summed E-state index contributed by atoms with van der Waals surface area (Å²) in [6.45, 7) is 10.4. The third kappa shape index (κ3) is 9.17. The third-order valence-corrected chi connectivity index (χ3v) is 5.44. The summed E-state index contributed by atoms with van der Waals surface area (Å²) in [6.07, 6.45) is 2.28. The van der Waals surface area contributed by atoms with Crippen LogP contribution in [0.5, 0.6) is 0 Å². The minimum Gasteiger partial charge on any atom is -0.377 e. The summed E-state index contributed by atoms with van der Waals surface area (Å²) in [6, 6.07) is 19.8. The van der Waals surface area contributed by atoms with Crippen molar-refractivity contribution in [2.24, 2.45) is 4.99 Å². The molecule has 0 saturated carbocycles. The molecular formula is C25H37IN4O. The van der Waals surface area contributed by atoms with Crippen molar-refractivity contribution in [3.63, 3.8) is 0 Å². The molecule has 170 valence electrons. The van der Waals surface area contributed by atoms with Crippen molar-refractivity contribution in [3.8, 4) is 0 Å². The van der Waals surface area contributed by atoms with E-state index in [0.29, 0.717) is 19.2 Å². The van der Waals surface area contributed by atoms with Crippen molar-refractivity contribution in [1.29, 1.82) is 0 Å². The van der Waals surface area contributed by atoms with Crippen LogP contribution in [0, 0.1) is 0 Å². The predicted octanol–water partition coefficient (Wildman–Crippen LogP) is 4.56. The second kappa shape index (κ2) is 14.4. The average Bonchev–Trinajstić information content (AvgIpc) is 2.79. The molecule has 0 aliphatic carbocycles. The van der Waals surface area contributed by atoms with Gasteiger partial charge in [0.2, 0.25) is 0 Å². The van der Waals surface area contributed by atoms with E-state index in [2.05, 4.69) is 77.1 Å². The largest absolute Gasteiger partial charge is 0.377 e. The monoisotopic (exact) mass is 536 g/mol. The van der Waals surface area contributed by atoms with Crippen LogP contribution in [0.15, 0.2) is 59.6 Å². The van der Waals surface area contributed by atoms with Crippen LogP contribution in [0.2, 0.25) is 0 Å². The summed E-state index contributed by atoms with van der Waals surface area (Å²) in [7, 11) is 0. The molecule has 0 atom stereocenters. The van der Waals surface area contributed by atoms with Gasteiger partial charge >= 0.3 is 0 Å². The smallest absolute Gasteiger partial charge is 0.191 e. The van der Waals surface area contributed by atoms with E-state index >= 15 is 0 Å². The predicted molar refractivity (Wildman–Crippen MR) is 140 cm³/mol. The molecule has 5 nitrogen and oxygen atoms in total. The first-order valence-electron chi connectivity index (χ1n) is 11.2. The van der Waals surface area contributed by atoms with Gasteiger partial charge in [0.15, 0.2) is 5.96 Å². The maximum absolute atomic E-state index is 5.46. The number of nitrogens with zero attached hydrogens (tertiary/aromatic N) is 2. The van der Waals surface area contributed by atoms with Gasteiger partial charge in [-0.15, -0.1) is 24.0 Å². The Morgan fingerprint density at radius 2 is 1.65 bits per heavy atom. The highest BCUT2D eigenvalue weighted by atomic mass is 127. The second-order valence-electron chi connectivity index (χ2n) is 7.83. The van der Waals surface area contributed by atoms with Crippen molar-refractivity contribution < 1.29 is 4.74 Å². The van der Waals surface area contributed by atoms with Crippen molar-refractivity contribution in [3.05, 3.63) is 71.3 Å². The molecule has 2 aromatic rings. The van der Waals surface area contributed by atoms with Gasteiger partial charge in [0.25, 0.3) is 0 Å². The summed E-state index contributed by atoms with van der Waals surface area (Å²) in [5.74, 6) is 0.914. The van der Waals surface area contributed by atoms with E-state index in [1.165, 1.54) is 16.7 Å². The van der Waals surface area contributed by atoms with Gasteiger partial charge in [0, 0.05) is 38.8 Å². The normalized spacial score (nSPS) is 15.4. The van der Waals surface area contributed by atoms with Crippen LogP contribution in [0.1, 0.15) is 43.4 Å². The maximum atomic E-state index is 5.46. The Labute approximate surface area is 204 Å². The first-order valence-corrected chi connectivity index (χ1v) is 11.2. The SMILES string of the molecule is CCNC(=NCc1ccc(COCC)cc1)NC1CCN(Cc2ccccc2)CC1.I. The number of aliphatic imine (C=N–C) groups is 1. The topological polar surface area (TPSA) is 48.9 Å². The molecule has 1 saturated heterocycles. The standard InChI is InChI=1S/C25H36N4O.HI/c1-3-26-25(27-18-21-10-12-23(13-11-21)20-30-4-2)28-24-14-16-29(17-15-24)19-22-8-6-5-7-9-22;/h5-13,24H,3-4,14-20H2,1-2H3,(H2,26,27,28);1H. The minimum absolute atomic E-state index is 0. The lowest BCUT2D eigenvalue weighted by Gasteiger charge is -2.33. The Morgan fingerprint density at radius 3 is 2.29 bits per heavy atom. The van der Waals surface area contributed by atoms with E-state index in [9.17, 15) is 0 Å². The van der Waals surface area contributed by atoms with Gasteiger partial charge in [-0.2, -0.15) is 0 Å². The maximum Gasteiger partial charge on any atom is 0.191 e. The van der Waals surface area contributed by atoms with Gasteiger partial charge in [-0.25, -0.2) is 4.99 Å². The summed E-state index contributed by atoms with van der Waals surface area (Å²) >= 11 is 0. The Bertz CT molecular complexity index is 759. The van der Waals surface area contributed by atoms with Crippen molar-refractivity contribution in [2.45, 2.75) is 52.4 Å². The highest BCUT2D eigenvalue weighted by Crippen LogP contribution is 2.14. The fourth-order valence-corrected chi connectivity index (χ4v) is 3.72. The molecular weight excluding hydrogens is 499 g/mol. The number of ether oxygens (including phenoxy) is 1. The molecule has 0 radical (unpaired) electrons. The highest BCUT2D eigenvalue weighted by Gasteiger charge is 2.20. The van der Waals surface area contributed by atoms with E-state index in [4.69, 9.17) is 9.73 Å². The van der Waals surface area contributed by atoms with Crippen LogP contribution < -0.4 is 10.6 Å². The van der Waals surface area contributed by atoms with Gasteiger partial charge in [-0.05, 0) is 43.4 Å². The van der Waals surface area contributed by atoms with Crippen LogP contribution in [-0.4, -0.2) is 43.1 Å². The first-order chi connectivity index (χ1) is 14.8. The molecule has 1 fully saturated rings. The molecule has 2 N–H and O–H groups in total. The van der Waals surface area contributed by atoms with E-state index in [-0.39, 0.29) is 24.0 Å². The molecule has 1 heterocycles. The van der Waals surface area contributed by atoms with Gasteiger partial charge in [-0.3, -0.25) is 4.90 Å². The number of likely N-dealkylation sites (tertiary alicyclic amines) is 1. The summed E-state index contributed by atoms with van der Waals surface area (Å²) in [5, 5.41) is 7.04. The van der Waals surface area contributed by atoms with Crippen molar-refractivity contribution in [2.75, 3.05) is 26.2 Å². The lowest BCUT2D eigenvalue weighted by Crippen LogP contribution is -2.48. The number of hydrogen-bond donors (Lipinski definition) is 2. The van der Waals surface area contributed by atoms with Crippen molar-refractivity contribution >= 4 is 29.9 Å². The highest BCUT2D eigenvalue weighted by molar-refractivity contribution is 14.0. The molecule has 31 heavy (non-hydrogen) atoms.